The number of rotatable bonds is 2. The molecule has 3 rings (SSSR count). The Morgan fingerprint density at radius 2 is 2.04 bits per heavy atom. The average molecular weight is 358 g/mol. The molecule has 1 amide bonds. The first-order valence-electron chi connectivity index (χ1n) is 8.16. The number of hydrogen-bond acceptors (Lipinski definition) is 3. The number of amides is 1. The Morgan fingerprint density at radius 3 is 2.48 bits per heavy atom. The van der Waals surface area contributed by atoms with E-state index < -0.39 is 28.8 Å². The maximum Gasteiger partial charge on any atom is 0.417 e. The van der Waals surface area contributed by atoms with Crippen molar-refractivity contribution in [3.63, 3.8) is 0 Å². The van der Waals surface area contributed by atoms with Crippen molar-refractivity contribution in [2.24, 2.45) is 11.3 Å². The summed E-state index contributed by atoms with van der Waals surface area (Å²) in [4.78, 5) is 16.7. The lowest BCUT2D eigenvalue weighted by atomic mass is 9.71. The number of piperidine rings is 1. The van der Waals surface area contributed by atoms with Crippen LogP contribution in [0.5, 0.6) is 5.88 Å². The van der Waals surface area contributed by atoms with Crippen LogP contribution in [0.15, 0.2) is 18.3 Å². The molecule has 0 radical (unpaired) electrons. The first-order valence-corrected chi connectivity index (χ1v) is 8.16. The minimum absolute atomic E-state index is 0.0841. The molecule has 3 atom stereocenters. The maximum atomic E-state index is 12.7. The van der Waals surface area contributed by atoms with Gasteiger partial charge in [-0.25, -0.2) is 9.78 Å². The fourth-order valence-electron chi connectivity index (χ4n) is 4.15. The molecule has 1 aliphatic heterocycles. The van der Waals surface area contributed by atoms with Crippen LogP contribution in [0.25, 0.3) is 0 Å². The average Bonchev–Trinajstić information content (AvgIpc) is 3.04. The molecule has 1 N–H and O–H groups in total. The molecule has 0 spiro atoms. The second kappa shape index (κ2) is 5.51. The molecule has 1 aromatic rings. The van der Waals surface area contributed by atoms with E-state index in [9.17, 15) is 23.1 Å². The summed E-state index contributed by atoms with van der Waals surface area (Å²) in [5.41, 5.74) is -2.07. The predicted octanol–water partition coefficient (Wildman–Crippen LogP) is 4.04. The molecule has 138 valence electrons. The van der Waals surface area contributed by atoms with Gasteiger partial charge in [-0.2, -0.15) is 13.2 Å². The van der Waals surface area contributed by atoms with Gasteiger partial charge in [-0.1, -0.05) is 20.8 Å². The van der Waals surface area contributed by atoms with Gasteiger partial charge >= 0.3 is 12.3 Å². The zero-order valence-electron chi connectivity index (χ0n) is 14.3. The van der Waals surface area contributed by atoms with Crippen LogP contribution in [-0.4, -0.2) is 39.3 Å². The quantitative estimate of drug-likeness (QED) is 0.867. The van der Waals surface area contributed by atoms with Gasteiger partial charge < -0.3 is 14.7 Å². The molecule has 2 bridgehead atoms. The highest BCUT2D eigenvalue weighted by atomic mass is 19.4. The molecule has 1 aromatic heterocycles. The highest BCUT2D eigenvalue weighted by molar-refractivity contribution is 5.66. The maximum absolute atomic E-state index is 12.7. The van der Waals surface area contributed by atoms with E-state index in [0.717, 1.165) is 12.3 Å². The Morgan fingerprint density at radius 1 is 1.36 bits per heavy atom. The van der Waals surface area contributed by atoms with Crippen LogP contribution in [-0.2, 0) is 6.18 Å². The Bertz CT molecular complexity index is 669. The minimum atomic E-state index is -4.46. The number of pyridine rings is 1. The van der Waals surface area contributed by atoms with Gasteiger partial charge in [0, 0.05) is 24.2 Å². The van der Waals surface area contributed by atoms with E-state index in [0.29, 0.717) is 19.4 Å². The molecular formula is C17H21F3N2O3. The Hall–Kier alpha value is -1.99. The van der Waals surface area contributed by atoms with Crippen molar-refractivity contribution in [3.05, 3.63) is 23.9 Å². The van der Waals surface area contributed by atoms with E-state index >= 15 is 0 Å². The summed E-state index contributed by atoms with van der Waals surface area (Å²) >= 11 is 0. The molecule has 2 fully saturated rings. The van der Waals surface area contributed by atoms with Gasteiger partial charge in [-0.15, -0.1) is 0 Å². The van der Waals surface area contributed by atoms with Crippen molar-refractivity contribution in [2.45, 2.75) is 51.4 Å². The summed E-state index contributed by atoms with van der Waals surface area (Å²) < 4.78 is 44.2. The first kappa shape index (κ1) is 17.8. The highest BCUT2D eigenvalue weighted by Gasteiger charge is 2.63. The van der Waals surface area contributed by atoms with Gasteiger partial charge in [0.05, 0.1) is 11.6 Å². The molecule has 2 heterocycles. The Labute approximate surface area is 143 Å². The van der Waals surface area contributed by atoms with Crippen molar-refractivity contribution in [2.75, 3.05) is 6.54 Å². The number of alkyl halides is 3. The van der Waals surface area contributed by atoms with Crippen molar-refractivity contribution >= 4 is 6.09 Å². The molecule has 1 saturated carbocycles. The predicted molar refractivity (Wildman–Crippen MR) is 83.3 cm³/mol. The van der Waals surface area contributed by atoms with E-state index in [1.54, 1.807) is 0 Å². The van der Waals surface area contributed by atoms with Gasteiger partial charge in [0.1, 0.15) is 5.60 Å². The van der Waals surface area contributed by atoms with E-state index in [1.807, 2.05) is 20.8 Å². The molecular weight excluding hydrogens is 337 g/mol. The van der Waals surface area contributed by atoms with Crippen LogP contribution in [0.4, 0.5) is 18.0 Å². The smallest absolute Gasteiger partial charge is 0.417 e. The standard InChI is InChI=1S/C17H21F3N2O3/c1-15(2,3)16(7-10-6-12(16)22(9-10)14(23)24)25-13-5-4-11(8-21-13)17(18,19)20/h4-5,8,10,12H,6-7,9H2,1-3H3,(H,23,24)/t10-,12+,16-/m1/s1. The summed E-state index contributed by atoms with van der Waals surface area (Å²) in [6.45, 7) is 6.34. The first-order chi connectivity index (χ1) is 11.4. The normalized spacial score (nSPS) is 29.1. The third kappa shape index (κ3) is 2.91. The Balaban J connectivity index is 1.92. The van der Waals surface area contributed by atoms with Crippen molar-refractivity contribution in [1.82, 2.24) is 9.88 Å². The molecule has 2 aliphatic rings. The van der Waals surface area contributed by atoms with E-state index in [1.165, 1.54) is 11.0 Å². The summed E-state index contributed by atoms with van der Waals surface area (Å²) in [6.07, 6.45) is -3.35. The van der Waals surface area contributed by atoms with Crippen molar-refractivity contribution in [3.8, 4) is 5.88 Å². The minimum Gasteiger partial charge on any atom is -0.468 e. The highest BCUT2D eigenvalue weighted by Crippen LogP contribution is 2.54. The molecule has 0 aromatic carbocycles. The van der Waals surface area contributed by atoms with Gasteiger partial charge in [-0.3, -0.25) is 0 Å². The summed E-state index contributed by atoms with van der Waals surface area (Å²) in [5.74, 6) is 0.274. The van der Waals surface area contributed by atoms with E-state index in [-0.39, 0.29) is 17.8 Å². The molecule has 25 heavy (non-hydrogen) atoms. The SMILES string of the molecule is CC(C)(C)[C@@]1(Oc2ccc(C(F)(F)F)cn2)C[C@H]2C[C@@H]1N(C(=O)O)C2. The summed E-state index contributed by atoms with van der Waals surface area (Å²) in [7, 11) is 0. The number of carbonyl (C=O) groups is 1. The number of fused-ring (bicyclic) bond motifs is 2. The fraction of sp³-hybridized carbons (Fsp3) is 0.647. The molecule has 8 heteroatoms. The van der Waals surface area contributed by atoms with Crippen LogP contribution >= 0.6 is 0 Å². The van der Waals surface area contributed by atoms with Crippen LogP contribution in [0.2, 0.25) is 0 Å². The van der Waals surface area contributed by atoms with Crippen molar-refractivity contribution < 1.29 is 27.8 Å². The molecule has 0 unspecified atom stereocenters. The van der Waals surface area contributed by atoms with Gasteiger partial charge in [0.25, 0.3) is 0 Å². The van der Waals surface area contributed by atoms with Crippen LogP contribution in [0.1, 0.15) is 39.2 Å². The number of nitrogens with zero attached hydrogens (tertiary/aromatic N) is 2. The zero-order valence-corrected chi connectivity index (χ0v) is 14.3. The third-order valence-electron chi connectivity index (χ3n) is 5.38. The number of ether oxygens (including phenoxy) is 1. The van der Waals surface area contributed by atoms with Crippen LogP contribution < -0.4 is 4.74 Å². The lowest BCUT2D eigenvalue weighted by Crippen LogP contribution is -2.62. The molecule has 5 nitrogen and oxygen atoms in total. The number of aromatic nitrogens is 1. The monoisotopic (exact) mass is 358 g/mol. The summed E-state index contributed by atoms with van der Waals surface area (Å²) in [6, 6.07) is 1.80. The lowest BCUT2D eigenvalue weighted by Gasteiger charge is -2.49. The van der Waals surface area contributed by atoms with Crippen molar-refractivity contribution in [1.29, 1.82) is 0 Å². The number of likely N-dealkylation sites (tertiary alicyclic amines) is 1. The van der Waals surface area contributed by atoms with Gasteiger partial charge in [0.15, 0.2) is 0 Å². The number of halogens is 3. The van der Waals surface area contributed by atoms with Crippen LogP contribution in [0, 0.1) is 11.3 Å². The number of carboxylic acid groups (broad SMARTS) is 1. The van der Waals surface area contributed by atoms with E-state index in [4.69, 9.17) is 4.74 Å². The molecule has 1 aliphatic carbocycles. The van der Waals surface area contributed by atoms with Crippen LogP contribution in [0.3, 0.4) is 0 Å². The van der Waals surface area contributed by atoms with Gasteiger partial charge in [-0.05, 0) is 24.8 Å². The summed E-state index contributed by atoms with van der Waals surface area (Å²) in [5, 5.41) is 9.46. The fourth-order valence-corrected chi connectivity index (χ4v) is 4.15. The topological polar surface area (TPSA) is 62.7 Å². The lowest BCUT2D eigenvalue weighted by molar-refractivity contribution is -0.138. The zero-order chi connectivity index (χ0) is 18.6. The Kier molecular flexibility index (Phi) is 3.92. The second-order valence-electron chi connectivity index (χ2n) is 7.88. The third-order valence-corrected chi connectivity index (χ3v) is 5.38. The van der Waals surface area contributed by atoms with E-state index in [2.05, 4.69) is 4.98 Å². The number of hydrogen-bond donors (Lipinski definition) is 1. The second-order valence-corrected chi connectivity index (χ2v) is 7.88. The molecule has 1 saturated heterocycles. The largest absolute Gasteiger partial charge is 0.468 e. The van der Waals surface area contributed by atoms with Gasteiger partial charge in [0.2, 0.25) is 5.88 Å².